The van der Waals surface area contributed by atoms with Crippen LogP contribution in [-0.4, -0.2) is 39.0 Å². The molecule has 1 aliphatic heterocycles. The molecule has 0 radical (unpaired) electrons. The van der Waals surface area contributed by atoms with Crippen LogP contribution in [0.1, 0.15) is 12.8 Å². The normalized spacial score (nSPS) is 19.3. The smallest absolute Gasteiger partial charge is 0.244 e. The maximum absolute atomic E-state index is 12.7. The quantitative estimate of drug-likeness (QED) is 0.877. The van der Waals surface area contributed by atoms with Crippen LogP contribution >= 0.6 is 35.6 Å². The lowest BCUT2D eigenvalue weighted by Crippen LogP contribution is -2.39. The van der Waals surface area contributed by atoms with Crippen molar-refractivity contribution in [2.24, 2.45) is 5.73 Å². The highest BCUT2D eigenvalue weighted by Gasteiger charge is 2.36. The number of benzene rings is 1. The average Bonchev–Trinajstić information content (AvgIpc) is 2.89. The molecule has 21 heavy (non-hydrogen) atoms. The molecule has 5 nitrogen and oxygen atoms in total. The third kappa shape index (κ3) is 3.57. The highest BCUT2D eigenvalue weighted by molar-refractivity contribution is 7.89. The SMILES string of the molecule is COc1cc(Cl)c(S(=O)(=O)N2CCCC2CN)cc1Cl.Cl. The first-order chi connectivity index (χ1) is 9.41. The second-order valence-corrected chi connectivity index (χ2v) is 7.24. The molecule has 1 heterocycles. The van der Waals surface area contributed by atoms with Gasteiger partial charge in [-0.15, -0.1) is 12.4 Å². The molecule has 2 N–H and O–H groups in total. The lowest BCUT2D eigenvalue weighted by Gasteiger charge is -2.23. The molecule has 0 amide bonds. The van der Waals surface area contributed by atoms with Gasteiger partial charge in [-0.05, 0) is 18.9 Å². The van der Waals surface area contributed by atoms with Gasteiger partial charge in [0.25, 0.3) is 0 Å². The summed E-state index contributed by atoms with van der Waals surface area (Å²) in [5.41, 5.74) is 5.63. The van der Waals surface area contributed by atoms with Crippen molar-refractivity contribution in [2.75, 3.05) is 20.2 Å². The third-order valence-electron chi connectivity index (χ3n) is 3.39. The number of ether oxygens (including phenoxy) is 1. The molecule has 120 valence electrons. The number of halogens is 3. The van der Waals surface area contributed by atoms with Crippen molar-refractivity contribution in [3.05, 3.63) is 22.2 Å². The predicted molar refractivity (Wildman–Crippen MR) is 86.2 cm³/mol. The molecule has 1 aliphatic rings. The van der Waals surface area contributed by atoms with E-state index in [9.17, 15) is 8.42 Å². The second-order valence-electron chi connectivity index (χ2n) is 4.56. The number of methoxy groups -OCH3 is 1. The topological polar surface area (TPSA) is 72.6 Å². The Morgan fingerprint density at radius 3 is 2.62 bits per heavy atom. The van der Waals surface area contributed by atoms with Gasteiger partial charge in [0.1, 0.15) is 10.6 Å². The second kappa shape index (κ2) is 7.35. The molecule has 1 aromatic rings. The van der Waals surface area contributed by atoms with E-state index < -0.39 is 10.0 Å². The van der Waals surface area contributed by atoms with Gasteiger partial charge < -0.3 is 10.5 Å². The van der Waals surface area contributed by atoms with Crippen LogP contribution in [0, 0.1) is 0 Å². The van der Waals surface area contributed by atoms with E-state index in [1.54, 1.807) is 0 Å². The first kappa shape index (κ1) is 18.8. The van der Waals surface area contributed by atoms with Gasteiger partial charge in [-0.25, -0.2) is 8.42 Å². The minimum Gasteiger partial charge on any atom is -0.495 e. The zero-order valence-electron chi connectivity index (χ0n) is 11.4. The van der Waals surface area contributed by atoms with Crippen molar-refractivity contribution < 1.29 is 13.2 Å². The van der Waals surface area contributed by atoms with Crippen LogP contribution in [-0.2, 0) is 10.0 Å². The van der Waals surface area contributed by atoms with E-state index >= 15 is 0 Å². The van der Waals surface area contributed by atoms with Gasteiger partial charge in [0.05, 0.1) is 17.2 Å². The predicted octanol–water partition coefficient (Wildman–Crippen LogP) is 2.54. The van der Waals surface area contributed by atoms with Gasteiger partial charge in [-0.2, -0.15) is 4.31 Å². The lowest BCUT2D eigenvalue weighted by atomic mass is 10.2. The zero-order chi connectivity index (χ0) is 14.9. The Morgan fingerprint density at radius 2 is 2.05 bits per heavy atom. The van der Waals surface area contributed by atoms with Crippen LogP contribution in [0.2, 0.25) is 10.0 Å². The summed E-state index contributed by atoms with van der Waals surface area (Å²) in [6.07, 6.45) is 1.56. The van der Waals surface area contributed by atoms with E-state index in [2.05, 4.69) is 0 Å². The van der Waals surface area contributed by atoms with Gasteiger partial charge in [0, 0.05) is 25.2 Å². The van der Waals surface area contributed by atoms with E-state index in [4.69, 9.17) is 33.7 Å². The molecule has 0 bridgehead atoms. The van der Waals surface area contributed by atoms with E-state index in [0.29, 0.717) is 18.8 Å². The summed E-state index contributed by atoms with van der Waals surface area (Å²) in [6, 6.07) is 2.55. The number of hydrogen-bond donors (Lipinski definition) is 1. The van der Waals surface area contributed by atoms with Crippen molar-refractivity contribution in [1.29, 1.82) is 0 Å². The van der Waals surface area contributed by atoms with Crippen LogP contribution in [0.5, 0.6) is 5.75 Å². The molecular formula is C12H17Cl3N2O3S. The fourth-order valence-electron chi connectivity index (χ4n) is 2.35. The molecule has 0 aromatic heterocycles. The first-order valence-corrected chi connectivity index (χ1v) is 8.36. The van der Waals surface area contributed by atoms with Gasteiger partial charge in [-0.3, -0.25) is 0 Å². The molecule has 1 aromatic carbocycles. The highest BCUT2D eigenvalue weighted by Crippen LogP contribution is 2.36. The lowest BCUT2D eigenvalue weighted by molar-refractivity contribution is 0.392. The maximum atomic E-state index is 12.7. The Morgan fingerprint density at radius 1 is 1.38 bits per heavy atom. The minimum atomic E-state index is -3.70. The Bertz CT molecular complexity index is 610. The van der Waals surface area contributed by atoms with Crippen molar-refractivity contribution >= 4 is 45.6 Å². The number of sulfonamides is 1. The Kier molecular flexibility index (Phi) is 6.58. The zero-order valence-corrected chi connectivity index (χ0v) is 14.5. The van der Waals surface area contributed by atoms with E-state index in [1.165, 1.54) is 23.5 Å². The maximum Gasteiger partial charge on any atom is 0.244 e. The van der Waals surface area contributed by atoms with E-state index in [1.807, 2.05) is 0 Å². The fraction of sp³-hybridized carbons (Fsp3) is 0.500. The Hall–Kier alpha value is -0.240. The number of hydrogen-bond acceptors (Lipinski definition) is 4. The molecule has 1 unspecified atom stereocenters. The van der Waals surface area contributed by atoms with Crippen molar-refractivity contribution in [1.82, 2.24) is 4.31 Å². The van der Waals surface area contributed by atoms with Crippen molar-refractivity contribution in [3.63, 3.8) is 0 Å². The van der Waals surface area contributed by atoms with Crippen molar-refractivity contribution in [3.8, 4) is 5.75 Å². The average molecular weight is 376 g/mol. The molecule has 9 heteroatoms. The summed E-state index contributed by atoms with van der Waals surface area (Å²) in [7, 11) is -2.26. The molecule has 0 saturated carbocycles. The Labute approximate surface area is 140 Å². The molecule has 1 fully saturated rings. The van der Waals surface area contributed by atoms with Gasteiger partial charge in [0.2, 0.25) is 10.0 Å². The van der Waals surface area contributed by atoms with Gasteiger partial charge >= 0.3 is 0 Å². The van der Waals surface area contributed by atoms with Crippen LogP contribution in [0.4, 0.5) is 0 Å². The fourth-order valence-corrected chi connectivity index (χ4v) is 4.88. The van der Waals surface area contributed by atoms with E-state index in [0.717, 1.165) is 12.8 Å². The summed E-state index contributed by atoms with van der Waals surface area (Å²) in [4.78, 5) is -0.00897. The highest BCUT2D eigenvalue weighted by atomic mass is 35.5. The van der Waals surface area contributed by atoms with Crippen LogP contribution in [0.25, 0.3) is 0 Å². The number of rotatable bonds is 4. The molecule has 0 aliphatic carbocycles. The number of nitrogens with zero attached hydrogens (tertiary/aromatic N) is 1. The van der Waals surface area contributed by atoms with Crippen LogP contribution in [0.3, 0.4) is 0 Å². The Balaban J connectivity index is 0.00000220. The van der Waals surface area contributed by atoms with Gasteiger partial charge in [0.15, 0.2) is 0 Å². The summed E-state index contributed by atoms with van der Waals surface area (Å²) in [6.45, 7) is 0.741. The van der Waals surface area contributed by atoms with Crippen LogP contribution < -0.4 is 10.5 Å². The standard InChI is InChI=1S/C12H16Cl2N2O3S.ClH/c1-19-11-5-10(14)12(6-9(11)13)20(17,18)16-4-2-3-8(16)7-15;/h5-6,8H,2-4,7,15H2,1H3;1H. The van der Waals surface area contributed by atoms with E-state index in [-0.39, 0.29) is 33.4 Å². The molecule has 1 saturated heterocycles. The third-order valence-corrected chi connectivity index (χ3v) is 6.10. The van der Waals surface area contributed by atoms with Crippen molar-refractivity contribution in [2.45, 2.75) is 23.8 Å². The monoisotopic (exact) mass is 374 g/mol. The number of nitrogens with two attached hydrogens (primary N) is 1. The van der Waals surface area contributed by atoms with Crippen LogP contribution in [0.15, 0.2) is 17.0 Å². The summed E-state index contributed by atoms with van der Waals surface area (Å²) in [5.74, 6) is 0.340. The molecule has 2 rings (SSSR count). The molecular weight excluding hydrogens is 359 g/mol. The summed E-state index contributed by atoms with van der Waals surface area (Å²) >= 11 is 12.1. The largest absolute Gasteiger partial charge is 0.495 e. The summed E-state index contributed by atoms with van der Waals surface area (Å²) < 4.78 is 31.7. The minimum absolute atomic E-state index is 0. The van der Waals surface area contributed by atoms with Gasteiger partial charge in [-0.1, -0.05) is 23.2 Å². The summed E-state index contributed by atoms with van der Waals surface area (Å²) in [5, 5.41) is 0.299. The molecule has 1 atom stereocenters. The first-order valence-electron chi connectivity index (χ1n) is 6.16. The molecule has 0 spiro atoms.